The van der Waals surface area contributed by atoms with Gasteiger partial charge in [-0.3, -0.25) is 4.68 Å². The van der Waals surface area contributed by atoms with Crippen LogP contribution in [0.4, 0.5) is 4.39 Å². The molecule has 1 heterocycles. The van der Waals surface area contributed by atoms with E-state index in [1.165, 1.54) is 6.07 Å². The van der Waals surface area contributed by atoms with Crippen LogP contribution in [0.3, 0.4) is 0 Å². The lowest BCUT2D eigenvalue weighted by atomic mass is 10.2. The summed E-state index contributed by atoms with van der Waals surface area (Å²) in [6, 6.07) is 3.31. The third-order valence-corrected chi connectivity index (χ3v) is 9.16. The fraction of sp³-hybridized carbons (Fsp3) is 0.533. The molecule has 0 unspecified atom stereocenters. The minimum atomic E-state index is -1.74. The van der Waals surface area contributed by atoms with Crippen molar-refractivity contribution in [2.45, 2.75) is 45.4 Å². The summed E-state index contributed by atoms with van der Waals surface area (Å²) < 4.78 is 22.4. The van der Waals surface area contributed by atoms with Crippen LogP contribution < -0.4 is 0 Å². The van der Waals surface area contributed by atoms with Gasteiger partial charge in [-0.25, -0.2) is 4.39 Å². The van der Waals surface area contributed by atoms with Gasteiger partial charge in [0, 0.05) is 16.1 Å². The fourth-order valence-electron chi connectivity index (χ4n) is 1.83. The maximum absolute atomic E-state index is 13.8. The lowest BCUT2D eigenvalue weighted by Crippen LogP contribution is -2.41. The van der Waals surface area contributed by atoms with E-state index in [1.54, 1.807) is 4.68 Å². The zero-order valence-corrected chi connectivity index (χ0v) is 15.8. The summed E-state index contributed by atoms with van der Waals surface area (Å²) in [6.45, 7) is 12.3. The average Bonchev–Trinajstić information content (AvgIpc) is 2.70. The average molecular weight is 373 g/mol. The number of hydrogen-bond acceptors (Lipinski definition) is 2. The fourth-order valence-corrected chi connectivity index (χ4v) is 3.32. The Morgan fingerprint density at radius 2 is 2.00 bits per heavy atom. The van der Waals surface area contributed by atoms with E-state index in [0.29, 0.717) is 18.7 Å². The quantitative estimate of drug-likeness (QED) is 0.709. The third-order valence-electron chi connectivity index (χ3n) is 4.16. The van der Waals surface area contributed by atoms with E-state index < -0.39 is 8.32 Å². The van der Waals surface area contributed by atoms with E-state index in [4.69, 9.17) is 4.43 Å². The van der Waals surface area contributed by atoms with Crippen molar-refractivity contribution in [2.24, 2.45) is 0 Å². The molecule has 0 saturated heterocycles. The molecule has 1 aromatic carbocycles. The molecule has 0 amide bonds. The topological polar surface area (TPSA) is 27.1 Å². The van der Waals surface area contributed by atoms with Crippen molar-refractivity contribution < 1.29 is 8.82 Å². The van der Waals surface area contributed by atoms with Crippen LogP contribution in [0.15, 0.2) is 22.8 Å². The Bertz CT molecular complexity index is 649. The molecule has 0 saturated carbocycles. The molecule has 21 heavy (non-hydrogen) atoms. The largest absolute Gasteiger partial charge is 0.415 e. The standard InChI is InChI=1S/C15H22BrFN2OSi/c1-15(2,3)21(4,5)20-7-6-19-10-11-8-12(16)9-13(17)14(11)18-19/h8-10H,6-7H2,1-5H3. The molecule has 0 aliphatic carbocycles. The second-order valence-electron chi connectivity index (χ2n) is 6.83. The highest BCUT2D eigenvalue weighted by molar-refractivity contribution is 9.10. The summed E-state index contributed by atoms with van der Waals surface area (Å²) in [5, 5.41) is 5.28. The van der Waals surface area contributed by atoms with E-state index in [0.717, 1.165) is 9.86 Å². The van der Waals surface area contributed by atoms with Crippen LogP contribution in [0, 0.1) is 5.82 Å². The molecule has 2 aromatic rings. The van der Waals surface area contributed by atoms with Crippen LogP contribution in [0.1, 0.15) is 20.8 Å². The lowest BCUT2D eigenvalue weighted by molar-refractivity contribution is 0.266. The van der Waals surface area contributed by atoms with Gasteiger partial charge in [0.15, 0.2) is 14.1 Å². The molecular weight excluding hydrogens is 351 g/mol. The van der Waals surface area contributed by atoms with Crippen molar-refractivity contribution >= 4 is 35.2 Å². The predicted molar refractivity (Wildman–Crippen MR) is 90.5 cm³/mol. The van der Waals surface area contributed by atoms with E-state index in [1.807, 2.05) is 12.3 Å². The first-order valence-electron chi connectivity index (χ1n) is 7.06. The van der Waals surface area contributed by atoms with Crippen molar-refractivity contribution in [1.29, 1.82) is 0 Å². The molecule has 116 valence electrons. The lowest BCUT2D eigenvalue weighted by Gasteiger charge is -2.36. The van der Waals surface area contributed by atoms with Gasteiger partial charge in [0.05, 0.1) is 13.2 Å². The number of halogens is 2. The highest BCUT2D eigenvalue weighted by Crippen LogP contribution is 2.36. The van der Waals surface area contributed by atoms with Crippen LogP contribution >= 0.6 is 15.9 Å². The minimum absolute atomic E-state index is 0.193. The molecule has 0 N–H and O–H groups in total. The van der Waals surface area contributed by atoms with Crippen molar-refractivity contribution in [3.05, 3.63) is 28.6 Å². The minimum Gasteiger partial charge on any atom is -0.415 e. The van der Waals surface area contributed by atoms with Crippen molar-refractivity contribution in [2.75, 3.05) is 6.61 Å². The smallest absolute Gasteiger partial charge is 0.192 e. The molecule has 0 spiro atoms. The summed E-state index contributed by atoms with van der Waals surface area (Å²) in [4.78, 5) is 0. The molecule has 1 aromatic heterocycles. The van der Waals surface area contributed by atoms with Gasteiger partial charge in [-0.15, -0.1) is 0 Å². The second kappa shape index (κ2) is 5.82. The highest BCUT2D eigenvalue weighted by Gasteiger charge is 2.36. The third kappa shape index (κ3) is 3.73. The number of rotatable bonds is 4. The monoisotopic (exact) mass is 372 g/mol. The van der Waals surface area contributed by atoms with Gasteiger partial charge in [0.25, 0.3) is 0 Å². The molecule has 0 aliphatic heterocycles. The SMILES string of the molecule is CC(C)(C)[Si](C)(C)OCCn1cc2cc(Br)cc(F)c2n1. The van der Waals surface area contributed by atoms with E-state index in [2.05, 4.69) is 54.9 Å². The van der Waals surface area contributed by atoms with Crippen LogP contribution in [-0.4, -0.2) is 24.7 Å². The molecular formula is C15H22BrFN2OSi. The van der Waals surface area contributed by atoms with Crippen LogP contribution in [0.25, 0.3) is 10.9 Å². The van der Waals surface area contributed by atoms with Crippen molar-refractivity contribution in [3.63, 3.8) is 0 Å². The summed E-state index contributed by atoms with van der Waals surface area (Å²) in [6.07, 6.45) is 1.86. The Morgan fingerprint density at radius 3 is 2.62 bits per heavy atom. The molecule has 6 heteroatoms. The zero-order valence-electron chi connectivity index (χ0n) is 13.2. The Hall–Kier alpha value is -0.723. The highest BCUT2D eigenvalue weighted by atomic mass is 79.9. The van der Waals surface area contributed by atoms with Crippen LogP contribution in [0.2, 0.25) is 18.1 Å². The predicted octanol–water partition coefficient (Wildman–Crippen LogP) is 4.96. The van der Waals surface area contributed by atoms with Gasteiger partial charge < -0.3 is 4.43 Å². The number of nitrogens with zero attached hydrogens (tertiary/aromatic N) is 2. The molecule has 0 fully saturated rings. The molecule has 0 aliphatic rings. The van der Waals surface area contributed by atoms with E-state index in [-0.39, 0.29) is 10.9 Å². The second-order valence-corrected chi connectivity index (χ2v) is 12.6. The molecule has 2 rings (SSSR count). The summed E-state index contributed by atoms with van der Waals surface area (Å²) >= 11 is 3.30. The van der Waals surface area contributed by atoms with Crippen molar-refractivity contribution in [3.8, 4) is 0 Å². The van der Waals surface area contributed by atoms with Crippen LogP contribution in [-0.2, 0) is 11.0 Å². The Kier molecular flexibility index (Phi) is 4.61. The van der Waals surface area contributed by atoms with Gasteiger partial charge >= 0.3 is 0 Å². The van der Waals surface area contributed by atoms with Crippen molar-refractivity contribution in [1.82, 2.24) is 9.78 Å². The Labute approximate surface area is 134 Å². The normalized spacial score (nSPS) is 13.1. The Balaban J connectivity index is 2.06. The van der Waals surface area contributed by atoms with Gasteiger partial charge in [0.2, 0.25) is 0 Å². The first kappa shape index (κ1) is 16.6. The van der Waals surface area contributed by atoms with Gasteiger partial charge in [-0.1, -0.05) is 36.7 Å². The molecule has 3 nitrogen and oxygen atoms in total. The zero-order chi connectivity index (χ0) is 15.8. The Morgan fingerprint density at radius 1 is 1.33 bits per heavy atom. The summed E-state index contributed by atoms with van der Waals surface area (Å²) in [7, 11) is -1.74. The van der Waals surface area contributed by atoms with Crippen LogP contribution in [0.5, 0.6) is 0 Å². The van der Waals surface area contributed by atoms with E-state index in [9.17, 15) is 4.39 Å². The molecule has 0 radical (unpaired) electrons. The number of benzene rings is 1. The van der Waals surface area contributed by atoms with Gasteiger partial charge in [0.1, 0.15) is 5.52 Å². The first-order valence-corrected chi connectivity index (χ1v) is 10.8. The first-order chi connectivity index (χ1) is 9.60. The number of hydrogen-bond donors (Lipinski definition) is 0. The maximum Gasteiger partial charge on any atom is 0.192 e. The summed E-state index contributed by atoms with van der Waals surface area (Å²) in [5.74, 6) is -0.302. The molecule has 0 atom stereocenters. The number of fused-ring (bicyclic) bond motifs is 1. The maximum atomic E-state index is 13.8. The van der Waals surface area contributed by atoms with Gasteiger partial charge in [-0.2, -0.15) is 5.10 Å². The molecule has 0 bridgehead atoms. The van der Waals surface area contributed by atoms with Gasteiger partial charge in [-0.05, 0) is 30.3 Å². The number of aromatic nitrogens is 2. The van der Waals surface area contributed by atoms with E-state index >= 15 is 0 Å². The summed E-state index contributed by atoms with van der Waals surface area (Å²) in [5.41, 5.74) is 0.408.